The van der Waals surface area contributed by atoms with Gasteiger partial charge in [-0.3, -0.25) is 19.2 Å². The number of aliphatic hydroxyl groups excluding tert-OH is 3. The number of allylic oxidation sites excluding steroid dienone is 12. The van der Waals surface area contributed by atoms with Gasteiger partial charge in [-0.2, -0.15) is 0 Å². The normalized spacial score (nSPS) is 31.4. The number of Topliss-reactive ketones (excluding diaryl/α,β-unsaturated/α-hetero) is 1. The maximum atomic E-state index is 14.8. The molecule has 68 heavy (non-hydrogen) atoms. The number of carbonyl (C=O) groups is 5. The molecule has 2 saturated carbocycles. The minimum absolute atomic E-state index is 0.0751. The Bertz CT molecular complexity index is 2020. The summed E-state index contributed by atoms with van der Waals surface area (Å²) in [5.74, 6) is -5.17. The summed E-state index contributed by atoms with van der Waals surface area (Å²) in [6, 6.07) is -1.05. The summed E-state index contributed by atoms with van der Waals surface area (Å²) in [7, 11) is 0. The van der Waals surface area contributed by atoms with Gasteiger partial charge in [-0.05, 0) is 94.1 Å². The average Bonchev–Trinajstić information content (AvgIpc) is 3.24. The van der Waals surface area contributed by atoms with E-state index in [4.69, 9.17) is 18.9 Å². The van der Waals surface area contributed by atoms with Crippen molar-refractivity contribution in [3.63, 3.8) is 0 Å². The van der Waals surface area contributed by atoms with Gasteiger partial charge in [0, 0.05) is 32.1 Å². The summed E-state index contributed by atoms with van der Waals surface area (Å²) in [4.78, 5) is 68.5. The number of ketones is 1. The van der Waals surface area contributed by atoms with Gasteiger partial charge in [0.15, 0.2) is 17.0 Å². The highest BCUT2D eigenvalue weighted by Gasteiger charge is 2.82. The molecule has 0 aromatic heterocycles. The highest BCUT2D eigenvalue weighted by molar-refractivity contribution is 5.95. The molecule has 3 aliphatic carbocycles. The number of amides is 1. The largest absolute Gasteiger partial charge is 0.455 e. The van der Waals surface area contributed by atoms with Gasteiger partial charge in [-0.15, -0.1) is 0 Å². The molecule has 0 spiro atoms. The van der Waals surface area contributed by atoms with E-state index < -0.39 is 106 Å². The van der Waals surface area contributed by atoms with Gasteiger partial charge < -0.3 is 44.7 Å². The fourth-order valence-corrected chi connectivity index (χ4v) is 10.5. The molecule has 2 bridgehead atoms. The molecule has 1 aliphatic heterocycles. The Balaban J connectivity index is 1.48. The minimum atomic E-state index is -2.51. The first kappa shape index (κ1) is 56.1. The lowest BCUT2D eigenvalue weighted by Crippen LogP contribution is -2.88. The van der Waals surface area contributed by atoms with Crippen molar-refractivity contribution < 1.29 is 63.3 Å². The Morgan fingerprint density at radius 2 is 1.38 bits per heavy atom. The van der Waals surface area contributed by atoms with E-state index in [1.807, 2.05) is 39.0 Å². The number of carbonyl (C=O) groups excluding carboxylic acids is 5. The molecule has 4 aliphatic rings. The van der Waals surface area contributed by atoms with Crippen molar-refractivity contribution in [3.8, 4) is 0 Å². The third-order valence-electron chi connectivity index (χ3n) is 14.1. The molecule has 5 N–H and O–H groups in total. The molecule has 1 amide bonds. The Kier molecular flexibility index (Phi) is 19.7. The Hall–Kier alpha value is -4.47. The first-order chi connectivity index (χ1) is 31.9. The van der Waals surface area contributed by atoms with Crippen molar-refractivity contribution in [1.29, 1.82) is 0 Å². The smallest absolute Gasteiger partial charge is 0.350 e. The number of ether oxygens (including phenoxy) is 4. The van der Waals surface area contributed by atoms with Crippen molar-refractivity contribution in [1.82, 2.24) is 5.32 Å². The van der Waals surface area contributed by atoms with Crippen LogP contribution in [0.3, 0.4) is 0 Å². The van der Waals surface area contributed by atoms with Gasteiger partial charge in [0.2, 0.25) is 12.0 Å². The molecule has 14 nitrogen and oxygen atoms in total. The Morgan fingerprint density at radius 1 is 0.853 bits per heavy atom. The van der Waals surface area contributed by atoms with E-state index >= 15 is 0 Å². The van der Waals surface area contributed by atoms with Crippen LogP contribution in [0.4, 0.5) is 0 Å². The fraction of sp³-hybridized carbons (Fsp3) is 0.648. The zero-order valence-corrected chi connectivity index (χ0v) is 42.0. The second-order valence-corrected chi connectivity index (χ2v) is 20.8. The monoisotopic (exact) mass is 950 g/mol. The number of rotatable bonds is 21. The van der Waals surface area contributed by atoms with Crippen LogP contribution in [0.15, 0.2) is 84.1 Å². The quantitative estimate of drug-likeness (QED) is 0.0442. The summed E-state index contributed by atoms with van der Waals surface area (Å²) in [6.07, 6.45) is 20.9. The molecule has 1 saturated heterocycles. The first-order valence-corrected chi connectivity index (χ1v) is 24.3. The number of nitrogens with one attached hydrogen (secondary N) is 1. The van der Waals surface area contributed by atoms with Crippen LogP contribution >= 0.6 is 0 Å². The third kappa shape index (κ3) is 12.5. The van der Waals surface area contributed by atoms with Crippen molar-refractivity contribution in [2.75, 3.05) is 6.61 Å². The van der Waals surface area contributed by atoms with Crippen molar-refractivity contribution in [3.05, 3.63) is 84.1 Å². The summed E-state index contributed by atoms with van der Waals surface area (Å²) >= 11 is 0. The Labute approximate surface area is 403 Å². The number of esters is 3. The predicted molar refractivity (Wildman–Crippen MR) is 258 cm³/mol. The second-order valence-electron chi connectivity index (χ2n) is 20.8. The van der Waals surface area contributed by atoms with Gasteiger partial charge in [0.05, 0.1) is 24.9 Å². The van der Waals surface area contributed by atoms with E-state index in [-0.39, 0.29) is 42.7 Å². The molecule has 14 heteroatoms. The van der Waals surface area contributed by atoms with Gasteiger partial charge in [-0.1, -0.05) is 114 Å². The van der Waals surface area contributed by atoms with Gasteiger partial charge in [0.1, 0.15) is 23.7 Å². The number of hydrogen-bond donors (Lipinski definition) is 5. The molecule has 0 aromatic rings. The maximum absolute atomic E-state index is 14.8. The summed E-state index contributed by atoms with van der Waals surface area (Å²) in [5, 5.41) is 51.5. The molecular weight excluding hydrogens is 871 g/mol. The number of fused-ring (bicyclic) bond motifs is 5. The zero-order valence-electron chi connectivity index (χ0n) is 42.0. The van der Waals surface area contributed by atoms with Crippen LogP contribution in [-0.4, -0.2) is 110 Å². The third-order valence-corrected chi connectivity index (χ3v) is 14.1. The molecule has 1 heterocycles. The van der Waals surface area contributed by atoms with Crippen LogP contribution in [0.2, 0.25) is 0 Å². The molecular formula is C54H79NO13. The maximum Gasteiger partial charge on any atom is 0.350 e. The minimum Gasteiger partial charge on any atom is -0.455 e. The van der Waals surface area contributed by atoms with Crippen molar-refractivity contribution in [2.45, 2.75) is 194 Å². The highest BCUT2D eigenvalue weighted by atomic mass is 16.6. The zero-order chi connectivity index (χ0) is 50.7. The summed E-state index contributed by atoms with van der Waals surface area (Å²) < 4.78 is 23.4. The summed E-state index contributed by atoms with van der Waals surface area (Å²) in [5.41, 5.74) is -8.10. The lowest BCUT2D eigenvalue weighted by molar-refractivity contribution is -0.392. The SMILES string of the molecule is CC/C=C\C/C=C\C/C=C\C/C=C\C/C=C\C/C=C\CCC(=O)O[C@@H](C(=O)O[C@H]1CC2[C@H](O)[C@]3(OC(C)=O)[C@]4(O)CO[C@@H]4C[C@H](O)[C@@]3(C)C(=O)[C@H](O)C(=C1C)C2(C)C)[C@H](C)NC(=O)CC(C)(C)C. The van der Waals surface area contributed by atoms with Gasteiger partial charge in [-0.25, -0.2) is 4.79 Å². The molecule has 378 valence electrons. The molecule has 1 unspecified atom stereocenters. The van der Waals surface area contributed by atoms with Crippen LogP contribution in [0, 0.1) is 22.2 Å². The van der Waals surface area contributed by atoms with E-state index in [9.17, 15) is 44.4 Å². The fourth-order valence-electron chi connectivity index (χ4n) is 10.5. The lowest BCUT2D eigenvalue weighted by atomic mass is 9.43. The molecule has 0 aromatic carbocycles. The topological polar surface area (TPSA) is 215 Å². The van der Waals surface area contributed by atoms with Crippen LogP contribution in [0.1, 0.15) is 140 Å². The van der Waals surface area contributed by atoms with Gasteiger partial charge in [0.25, 0.3) is 0 Å². The van der Waals surface area contributed by atoms with E-state index in [0.717, 1.165) is 39.0 Å². The van der Waals surface area contributed by atoms with E-state index in [1.54, 1.807) is 20.8 Å². The van der Waals surface area contributed by atoms with E-state index in [2.05, 4.69) is 66.9 Å². The Morgan fingerprint density at radius 3 is 1.87 bits per heavy atom. The lowest BCUT2D eigenvalue weighted by Gasteiger charge is -2.69. The molecule has 4 rings (SSSR count). The van der Waals surface area contributed by atoms with E-state index in [1.165, 1.54) is 13.8 Å². The van der Waals surface area contributed by atoms with Crippen molar-refractivity contribution in [2.24, 2.45) is 22.2 Å². The number of aliphatic hydroxyl groups is 4. The second kappa shape index (κ2) is 23.9. The van der Waals surface area contributed by atoms with Crippen LogP contribution in [0.25, 0.3) is 0 Å². The number of hydrogen-bond acceptors (Lipinski definition) is 13. The molecule has 0 radical (unpaired) electrons. The van der Waals surface area contributed by atoms with Gasteiger partial charge >= 0.3 is 17.9 Å². The predicted octanol–water partition coefficient (Wildman–Crippen LogP) is 7.10. The van der Waals surface area contributed by atoms with Crippen LogP contribution in [-0.2, 0) is 42.9 Å². The molecule has 3 fully saturated rings. The van der Waals surface area contributed by atoms with Crippen LogP contribution < -0.4 is 5.32 Å². The van der Waals surface area contributed by atoms with E-state index in [0.29, 0.717) is 12.8 Å². The summed E-state index contributed by atoms with van der Waals surface area (Å²) in [6.45, 7) is 16.1. The molecule has 11 atom stereocenters. The standard InChI is InChI=1S/C54H79NO13/c1-11-12-13-14-15-16-17-18-19-20-21-22-23-24-25-26-27-28-29-30-43(59)67-46(36(3)55-42(58)33-50(5,6)7)49(63)66-39-31-38-47(61)54(68-37(4)56)52(10,40(57)32-41-53(54,64)34-65-41)48(62)45(60)44(35(39)2)51(38,8)9/h12-13,15-16,18-19,21-22,24-25,27-28,36,38-41,45-47,57,60-61,64H,11,14,17,20,23,26,29-34H2,1-10H3,(H,55,58)/b13-12-,16-15-,19-18-,22-21-,25-24-,28-27-/t36-,38?,39-,40-,41+,45+,46+,47-,52-,53-,54+/m0/s1. The highest BCUT2D eigenvalue weighted by Crippen LogP contribution is 2.64. The van der Waals surface area contributed by atoms with Crippen LogP contribution in [0.5, 0.6) is 0 Å². The first-order valence-electron chi connectivity index (χ1n) is 24.3. The average molecular weight is 950 g/mol. The van der Waals surface area contributed by atoms with Crippen molar-refractivity contribution >= 4 is 29.6 Å².